The molecule has 1 heterocycles. The van der Waals surface area contributed by atoms with E-state index in [0.29, 0.717) is 22.1 Å². The van der Waals surface area contributed by atoms with Gasteiger partial charge in [0.1, 0.15) is 11.5 Å². The van der Waals surface area contributed by atoms with Crippen LogP contribution < -0.4 is 10.6 Å². The molecule has 0 atom stereocenters. The number of carbonyl (C=O) groups is 1. The molecule has 1 aromatic heterocycles. The van der Waals surface area contributed by atoms with Crippen LogP contribution in [0.2, 0.25) is 10.0 Å². The van der Waals surface area contributed by atoms with E-state index >= 15 is 0 Å². The van der Waals surface area contributed by atoms with E-state index in [1.807, 2.05) is 6.07 Å². The molecule has 5 nitrogen and oxygen atoms in total. The lowest BCUT2D eigenvalue weighted by Gasteiger charge is -2.09. The summed E-state index contributed by atoms with van der Waals surface area (Å²) in [7, 11) is 1.69. The molecule has 21 heavy (non-hydrogen) atoms. The molecule has 7 heteroatoms. The van der Waals surface area contributed by atoms with Crippen LogP contribution in [0.15, 0.2) is 30.3 Å². The molecule has 0 fully saturated rings. The van der Waals surface area contributed by atoms with Gasteiger partial charge in [-0.3, -0.25) is 4.79 Å². The van der Waals surface area contributed by atoms with Crippen molar-refractivity contribution >= 4 is 40.6 Å². The minimum absolute atomic E-state index is 0.0712. The van der Waals surface area contributed by atoms with Crippen LogP contribution in [0.3, 0.4) is 0 Å². The number of pyridine rings is 1. The number of hydrogen-bond acceptors (Lipinski definition) is 4. The maximum absolute atomic E-state index is 12.2. The van der Waals surface area contributed by atoms with Gasteiger partial charge in [0, 0.05) is 7.05 Å². The fourth-order valence-corrected chi connectivity index (χ4v) is 1.97. The van der Waals surface area contributed by atoms with Crippen molar-refractivity contribution < 1.29 is 4.79 Å². The lowest BCUT2D eigenvalue weighted by molar-refractivity contribution is 0.102. The Morgan fingerprint density at radius 1 is 1.24 bits per heavy atom. The van der Waals surface area contributed by atoms with Crippen molar-refractivity contribution in [3.8, 4) is 6.07 Å². The highest BCUT2D eigenvalue weighted by Crippen LogP contribution is 2.24. The second kappa shape index (κ2) is 6.44. The van der Waals surface area contributed by atoms with Gasteiger partial charge in [0.05, 0.1) is 27.4 Å². The van der Waals surface area contributed by atoms with Crippen LogP contribution in [0.1, 0.15) is 16.1 Å². The van der Waals surface area contributed by atoms with E-state index in [1.165, 1.54) is 12.1 Å². The number of benzene rings is 1. The van der Waals surface area contributed by atoms with Crippen LogP contribution in [0.5, 0.6) is 0 Å². The predicted molar refractivity (Wildman–Crippen MR) is 82.9 cm³/mol. The molecule has 0 radical (unpaired) electrons. The van der Waals surface area contributed by atoms with Gasteiger partial charge < -0.3 is 10.6 Å². The topological polar surface area (TPSA) is 77.8 Å². The summed E-state index contributed by atoms with van der Waals surface area (Å²) in [6.07, 6.45) is 0. The van der Waals surface area contributed by atoms with E-state index in [1.54, 1.807) is 25.2 Å². The first-order chi connectivity index (χ1) is 10.0. The molecule has 0 saturated heterocycles. The number of anilines is 2. The summed E-state index contributed by atoms with van der Waals surface area (Å²) >= 11 is 12.0. The maximum Gasteiger partial charge on any atom is 0.275 e. The zero-order valence-corrected chi connectivity index (χ0v) is 12.5. The molecule has 1 aromatic carbocycles. The van der Waals surface area contributed by atoms with Crippen molar-refractivity contribution in [3.05, 3.63) is 51.6 Å². The number of nitriles is 1. The average Bonchev–Trinajstić information content (AvgIpc) is 2.49. The van der Waals surface area contributed by atoms with Gasteiger partial charge >= 0.3 is 0 Å². The van der Waals surface area contributed by atoms with Crippen LogP contribution in [0.25, 0.3) is 0 Å². The lowest BCUT2D eigenvalue weighted by atomic mass is 10.2. The molecule has 2 N–H and O–H groups in total. The summed E-state index contributed by atoms with van der Waals surface area (Å²) in [5.41, 5.74) is 0.785. The van der Waals surface area contributed by atoms with Gasteiger partial charge in [-0.15, -0.1) is 0 Å². The molecule has 106 valence electrons. The molecule has 1 amide bonds. The van der Waals surface area contributed by atoms with E-state index < -0.39 is 5.91 Å². The molecular formula is C14H10Cl2N4O. The highest BCUT2D eigenvalue weighted by molar-refractivity contribution is 6.35. The third kappa shape index (κ3) is 3.43. The molecule has 0 saturated carbocycles. The van der Waals surface area contributed by atoms with Crippen LogP contribution in [-0.4, -0.2) is 17.9 Å². The number of carbonyl (C=O) groups excluding carboxylic acids is 1. The van der Waals surface area contributed by atoms with E-state index in [4.69, 9.17) is 28.5 Å². The second-order valence-corrected chi connectivity index (χ2v) is 4.85. The quantitative estimate of drug-likeness (QED) is 0.906. The molecule has 2 rings (SSSR count). The Kier molecular flexibility index (Phi) is 4.63. The summed E-state index contributed by atoms with van der Waals surface area (Å²) in [5.74, 6) is 0.00973. The van der Waals surface area contributed by atoms with Gasteiger partial charge in [-0.1, -0.05) is 23.2 Å². The number of nitrogens with one attached hydrogen (secondary N) is 2. The molecular weight excluding hydrogens is 311 g/mol. The number of nitrogens with zero attached hydrogens (tertiary/aromatic N) is 2. The molecule has 0 aliphatic carbocycles. The van der Waals surface area contributed by atoms with Crippen molar-refractivity contribution in [1.82, 2.24) is 4.98 Å². The SMILES string of the molecule is CNc1ccc(Cl)c(C(=O)Nc2cc(C#N)ccc2Cl)n1. The third-order valence-corrected chi connectivity index (χ3v) is 3.30. The molecule has 0 unspecified atom stereocenters. The molecule has 0 aliphatic rings. The summed E-state index contributed by atoms with van der Waals surface area (Å²) < 4.78 is 0. The fourth-order valence-electron chi connectivity index (χ4n) is 1.61. The monoisotopic (exact) mass is 320 g/mol. The van der Waals surface area contributed by atoms with Crippen molar-refractivity contribution in [2.45, 2.75) is 0 Å². The van der Waals surface area contributed by atoms with E-state index in [-0.39, 0.29) is 10.7 Å². The number of halogens is 2. The Morgan fingerprint density at radius 3 is 2.62 bits per heavy atom. The van der Waals surface area contributed by atoms with E-state index in [2.05, 4.69) is 15.6 Å². The summed E-state index contributed by atoms with van der Waals surface area (Å²) in [4.78, 5) is 16.3. The standard InChI is InChI=1S/C14H10Cl2N4O/c1-18-12-5-4-10(16)13(20-12)14(21)19-11-6-8(7-17)2-3-9(11)15/h2-6H,1H3,(H,18,20)(H,19,21). The summed E-state index contributed by atoms with van der Waals surface area (Å²) in [6, 6.07) is 9.78. The summed E-state index contributed by atoms with van der Waals surface area (Å²) in [5, 5.41) is 14.8. The molecule has 0 bridgehead atoms. The minimum Gasteiger partial charge on any atom is -0.373 e. The van der Waals surface area contributed by atoms with Crippen molar-refractivity contribution in [2.75, 3.05) is 17.7 Å². The smallest absolute Gasteiger partial charge is 0.275 e. The van der Waals surface area contributed by atoms with E-state index in [0.717, 1.165) is 0 Å². The molecule has 0 spiro atoms. The van der Waals surface area contributed by atoms with Gasteiger partial charge in [-0.2, -0.15) is 5.26 Å². The Labute approximate surface area is 131 Å². The maximum atomic E-state index is 12.2. The first-order valence-corrected chi connectivity index (χ1v) is 6.66. The van der Waals surface area contributed by atoms with Gasteiger partial charge in [0.25, 0.3) is 5.91 Å². The minimum atomic E-state index is -0.505. The van der Waals surface area contributed by atoms with Crippen LogP contribution in [-0.2, 0) is 0 Å². The molecule has 0 aliphatic heterocycles. The van der Waals surface area contributed by atoms with Crippen LogP contribution >= 0.6 is 23.2 Å². The van der Waals surface area contributed by atoms with Gasteiger partial charge in [0.15, 0.2) is 0 Å². The van der Waals surface area contributed by atoms with Gasteiger partial charge in [-0.05, 0) is 30.3 Å². The number of aromatic nitrogens is 1. The Bertz CT molecular complexity index is 740. The van der Waals surface area contributed by atoms with Crippen LogP contribution in [0, 0.1) is 11.3 Å². The third-order valence-electron chi connectivity index (χ3n) is 2.66. The Hall–Kier alpha value is -2.29. The molecule has 2 aromatic rings. The Morgan fingerprint density at radius 2 is 1.95 bits per heavy atom. The average molecular weight is 321 g/mol. The lowest BCUT2D eigenvalue weighted by Crippen LogP contribution is -2.15. The van der Waals surface area contributed by atoms with E-state index in [9.17, 15) is 4.79 Å². The highest BCUT2D eigenvalue weighted by Gasteiger charge is 2.15. The van der Waals surface area contributed by atoms with Crippen molar-refractivity contribution in [2.24, 2.45) is 0 Å². The predicted octanol–water partition coefficient (Wildman–Crippen LogP) is 3.55. The van der Waals surface area contributed by atoms with Crippen molar-refractivity contribution in [3.63, 3.8) is 0 Å². The fraction of sp³-hybridized carbons (Fsp3) is 0.0714. The second-order valence-electron chi connectivity index (χ2n) is 4.04. The number of rotatable bonds is 3. The first kappa shape index (κ1) is 15.1. The van der Waals surface area contributed by atoms with Crippen LogP contribution in [0.4, 0.5) is 11.5 Å². The highest BCUT2D eigenvalue weighted by atomic mass is 35.5. The Balaban J connectivity index is 2.32. The largest absolute Gasteiger partial charge is 0.373 e. The van der Waals surface area contributed by atoms with Gasteiger partial charge in [-0.25, -0.2) is 4.98 Å². The first-order valence-electron chi connectivity index (χ1n) is 5.90. The zero-order chi connectivity index (χ0) is 15.4. The number of amides is 1. The zero-order valence-electron chi connectivity index (χ0n) is 10.9. The van der Waals surface area contributed by atoms with Crippen molar-refractivity contribution in [1.29, 1.82) is 5.26 Å². The normalized spacial score (nSPS) is 9.81. The number of hydrogen-bond donors (Lipinski definition) is 2. The summed E-state index contributed by atoms with van der Waals surface area (Å²) in [6.45, 7) is 0. The van der Waals surface area contributed by atoms with Gasteiger partial charge in [0.2, 0.25) is 0 Å².